The van der Waals surface area contributed by atoms with Gasteiger partial charge in [-0.1, -0.05) is 28.1 Å². The fraction of sp³-hybridized carbons (Fsp3) is 0.188. The van der Waals surface area contributed by atoms with E-state index in [1.54, 1.807) is 11.5 Å². The number of hydrazine groups is 1. The molecule has 0 spiro atoms. The molecule has 1 aliphatic rings. The summed E-state index contributed by atoms with van der Waals surface area (Å²) in [5.41, 5.74) is 3.98. The molecular weight excluding hydrogens is 385 g/mol. The smallest absolute Gasteiger partial charge is 0.336 e. The van der Waals surface area contributed by atoms with Crippen LogP contribution in [0.2, 0.25) is 0 Å². The third-order valence-electron chi connectivity index (χ3n) is 3.44. The molecule has 0 radical (unpaired) electrons. The molecule has 126 valence electrons. The van der Waals surface area contributed by atoms with Crippen molar-refractivity contribution < 1.29 is 13.2 Å². The molecular formula is C16H14BrF3N4. The second-order valence-corrected chi connectivity index (χ2v) is 6.25. The first kappa shape index (κ1) is 16.6. The Labute approximate surface area is 145 Å². The summed E-state index contributed by atoms with van der Waals surface area (Å²) in [7, 11) is 0. The summed E-state index contributed by atoms with van der Waals surface area (Å²) >= 11 is 3.39. The zero-order chi connectivity index (χ0) is 17.2. The number of hydrazone groups is 1. The van der Waals surface area contributed by atoms with E-state index in [0.29, 0.717) is 18.9 Å². The van der Waals surface area contributed by atoms with Crippen LogP contribution in [0.4, 0.5) is 18.9 Å². The molecule has 0 atom stereocenters. The summed E-state index contributed by atoms with van der Waals surface area (Å²) in [4.78, 5) is 1.99. The highest BCUT2D eigenvalue weighted by Gasteiger charge is 2.30. The Morgan fingerprint density at radius 1 is 1.04 bits per heavy atom. The first-order valence-electron chi connectivity index (χ1n) is 7.14. The largest absolute Gasteiger partial charge is 0.416 e. The fourth-order valence-corrected chi connectivity index (χ4v) is 2.51. The first-order valence-corrected chi connectivity index (χ1v) is 7.93. The van der Waals surface area contributed by atoms with E-state index in [-0.39, 0.29) is 0 Å². The second kappa shape index (κ2) is 6.72. The number of hydrogen-bond acceptors (Lipinski definition) is 4. The summed E-state index contributed by atoms with van der Waals surface area (Å²) in [5.74, 6) is 0. The molecule has 0 bridgehead atoms. The van der Waals surface area contributed by atoms with Crippen molar-refractivity contribution in [2.45, 2.75) is 12.7 Å². The van der Waals surface area contributed by atoms with E-state index < -0.39 is 11.7 Å². The minimum atomic E-state index is -4.33. The highest BCUT2D eigenvalue weighted by molar-refractivity contribution is 9.10. The number of nitrogens with zero attached hydrogens (tertiary/aromatic N) is 3. The van der Waals surface area contributed by atoms with E-state index in [1.807, 2.05) is 29.2 Å². The Kier molecular flexibility index (Phi) is 4.66. The van der Waals surface area contributed by atoms with Gasteiger partial charge in [-0.2, -0.15) is 18.3 Å². The van der Waals surface area contributed by atoms with Crippen LogP contribution in [0.1, 0.15) is 11.1 Å². The van der Waals surface area contributed by atoms with Gasteiger partial charge in [0.2, 0.25) is 0 Å². The van der Waals surface area contributed by atoms with Gasteiger partial charge in [-0.15, -0.1) is 5.10 Å². The predicted molar refractivity (Wildman–Crippen MR) is 89.9 cm³/mol. The number of halogens is 4. The molecule has 0 fully saturated rings. The Hall–Kier alpha value is -2.22. The zero-order valence-corrected chi connectivity index (χ0v) is 14.0. The van der Waals surface area contributed by atoms with Crippen molar-refractivity contribution in [3.63, 3.8) is 0 Å². The van der Waals surface area contributed by atoms with E-state index in [2.05, 4.69) is 26.5 Å². The van der Waals surface area contributed by atoms with Gasteiger partial charge < -0.3 is 4.90 Å². The van der Waals surface area contributed by atoms with Crippen molar-refractivity contribution in [3.8, 4) is 0 Å². The Morgan fingerprint density at radius 2 is 1.71 bits per heavy atom. The summed E-state index contributed by atoms with van der Waals surface area (Å²) in [6.45, 7) is 1.19. The van der Waals surface area contributed by atoms with Gasteiger partial charge >= 0.3 is 6.18 Å². The molecule has 1 heterocycles. The van der Waals surface area contributed by atoms with Crippen molar-refractivity contribution in [1.82, 2.24) is 10.0 Å². The Morgan fingerprint density at radius 3 is 2.33 bits per heavy atom. The fourth-order valence-electron chi connectivity index (χ4n) is 2.24. The molecule has 2 aromatic carbocycles. The van der Waals surface area contributed by atoms with Crippen LogP contribution in [0.15, 0.2) is 58.1 Å². The lowest BCUT2D eigenvalue weighted by atomic mass is 10.2. The lowest BCUT2D eigenvalue weighted by molar-refractivity contribution is -0.137. The number of rotatable bonds is 4. The van der Waals surface area contributed by atoms with E-state index in [1.165, 1.54) is 12.1 Å². The van der Waals surface area contributed by atoms with Crippen LogP contribution in [0.5, 0.6) is 0 Å². The molecule has 3 rings (SSSR count). The molecule has 2 aromatic rings. The number of benzene rings is 2. The van der Waals surface area contributed by atoms with Gasteiger partial charge in [0.25, 0.3) is 0 Å². The zero-order valence-electron chi connectivity index (χ0n) is 12.5. The molecule has 1 N–H and O–H groups in total. The highest BCUT2D eigenvalue weighted by atomic mass is 79.9. The molecule has 1 aliphatic heterocycles. The number of anilines is 1. The monoisotopic (exact) mass is 398 g/mol. The maximum absolute atomic E-state index is 12.5. The second-order valence-electron chi connectivity index (χ2n) is 5.33. The van der Waals surface area contributed by atoms with Crippen molar-refractivity contribution in [2.75, 3.05) is 12.1 Å². The third kappa shape index (κ3) is 4.19. The molecule has 4 nitrogen and oxygen atoms in total. The topological polar surface area (TPSA) is 30.9 Å². The van der Waals surface area contributed by atoms with Gasteiger partial charge in [-0.3, -0.25) is 5.43 Å². The van der Waals surface area contributed by atoms with Gasteiger partial charge in [0, 0.05) is 11.0 Å². The maximum atomic E-state index is 12.5. The summed E-state index contributed by atoms with van der Waals surface area (Å²) in [5, 5.41) is 5.76. The highest BCUT2D eigenvalue weighted by Crippen LogP contribution is 2.30. The van der Waals surface area contributed by atoms with Crippen molar-refractivity contribution >= 4 is 28.0 Å². The molecule has 24 heavy (non-hydrogen) atoms. The van der Waals surface area contributed by atoms with Crippen LogP contribution >= 0.6 is 15.9 Å². The Balaban J connectivity index is 1.55. The van der Waals surface area contributed by atoms with E-state index in [9.17, 15) is 13.2 Å². The van der Waals surface area contributed by atoms with Crippen LogP contribution in [-0.4, -0.2) is 23.0 Å². The minimum absolute atomic E-state index is 0.497. The van der Waals surface area contributed by atoms with Gasteiger partial charge in [0.05, 0.1) is 11.3 Å². The van der Waals surface area contributed by atoms with Crippen molar-refractivity contribution in [2.24, 2.45) is 5.10 Å². The molecule has 0 saturated carbocycles. The average Bonchev–Trinajstić information content (AvgIpc) is 2.96. The first-order chi connectivity index (χ1) is 11.4. The van der Waals surface area contributed by atoms with Gasteiger partial charge in [-0.25, -0.2) is 0 Å². The summed E-state index contributed by atoms with van der Waals surface area (Å²) in [6, 6.07) is 12.8. The molecule has 8 heteroatoms. The molecule has 0 amide bonds. The standard InChI is InChI=1S/C16H14BrF3N4/c17-14-5-1-12(2-6-14)9-23-10-21-24(11-23)22-15-7-3-13(4-8-15)16(18,19)20/h1-8,10,22H,9,11H2. The number of nitrogens with one attached hydrogen (secondary N) is 1. The minimum Gasteiger partial charge on any atom is -0.336 e. The van der Waals surface area contributed by atoms with E-state index in [0.717, 1.165) is 22.2 Å². The van der Waals surface area contributed by atoms with Crippen LogP contribution in [-0.2, 0) is 12.7 Å². The van der Waals surface area contributed by atoms with Crippen LogP contribution in [0.25, 0.3) is 0 Å². The molecule has 0 aliphatic carbocycles. The van der Waals surface area contributed by atoms with Crippen molar-refractivity contribution in [1.29, 1.82) is 0 Å². The van der Waals surface area contributed by atoms with Crippen LogP contribution < -0.4 is 5.43 Å². The van der Waals surface area contributed by atoms with Gasteiger partial charge in [0.15, 0.2) is 0 Å². The average molecular weight is 399 g/mol. The molecule has 0 saturated heterocycles. The van der Waals surface area contributed by atoms with Crippen molar-refractivity contribution in [3.05, 3.63) is 64.1 Å². The SMILES string of the molecule is FC(F)(F)c1ccc(NN2CN(Cc3ccc(Br)cc3)C=N2)cc1. The lowest BCUT2D eigenvalue weighted by Crippen LogP contribution is -2.30. The summed E-state index contributed by atoms with van der Waals surface area (Å²) in [6.07, 6.45) is -2.63. The summed E-state index contributed by atoms with van der Waals surface area (Å²) < 4.78 is 38.7. The van der Waals surface area contributed by atoms with Gasteiger partial charge in [0.1, 0.15) is 13.0 Å². The van der Waals surface area contributed by atoms with E-state index >= 15 is 0 Å². The number of hydrogen-bond donors (Lipinski definition) is 1. The predicted octanol–water partition coefficient (Wildman–Crippen LogP) is 4.51. The quantitative estimate of drug-likeness (QED) is 0.821. The van der Waals surface area contributed by atoms with E-state index in [4.69, 9.17) is 0 Å². The van der Waals surface area contributed by atoms with Crippen LogP contribution in [0, 0.1) is 0 Å². The Bertz CT molecular complexity index is 714. The molecule has 0 aromatic heterocycles. The number of alkyl halides is 3. The van der Waals surface area contributed by atoms with Crippen LogP contribution in [0.3, 0.4) is 0 Å². The maximum Gasteiger partial charge on any atom is 0.416 e. The molecule has 0 unspecified atom stereocenters. The normalized spacial score (nSPS) is 14.3. The third-order valence-corrected chi connectivity index (χ3v) is 3.97. The van der Waals surface area contributed by atoms with Gasteiger partial charge in [-0.05, 0) is 42.0 Å². The lowest BCUT2D eigenvalue weighted by Gasteiger charge is -2.20.